The molecule has 0 unspecified atom stereocenters. The summed E-state index contributed by atoms with van der Waals surface area (Å²) in [5, 5.41) is 2.85. The number of rotatable bonds is 10. The number of anilines is 1. The third-order valence-corrected chi connectivity index (χ3v) is 3.25. The Hall–Kier alpha value is -1.24. The highest BCUT2D eigenvalue weighted by Gasteiger charge is 2.07. The van der Waals surface area contributed by atoms with E-state index in [0.717, 1.165) is 5.75 Å². The number of para-hydroxylation sites is 2. The molecule has 1 rings (SSSR count). The Balaban J connectivity index is 2.28. The second kappa shape index (κ2) is 10.5. The fourth-order valence-electron chi connectivity index (χ4n) is 1.51. The molecule has 0 aliphatic carbocycles. The van der Waals surface area contributed by atoms with Crippen LogP contribution in [0.25, 0.3) is 0 Å². The summed E-state index contributed by atoms with van der Waals surface area (Å²) in [6.07, 6.45) is 0. The van der Waals surface area contributed by atoms with Gasteiger partial charge >= 0.3 is 0 Å². The average molecular weight is 298 g/mol. The minimum atomic E-state index is -0.0408. The maximum Gasteiger partial charge on any atom is 0.234 e. The number of carbonyl (C=O) groups excluding carboxylic acids is 1. The Morgan fingerprint density at radius 1 is 1.35 bits per heavy atom. The number of thioether (sulfide) groups is 1. The minimum Gasteiger partial charge on any atom is -0.492 e. The van der Waals surface area contributed by atoms with Gasteiger partial charge in [-0.1, -0.05) is 12.1 Å². The summed E-state index contributed by atoms with van der Waals surface area (Å²) < 4.78 is 10.7. The number of nitrogens with one attached hydrogen (secondary N) is 1. The molecule has 0 fully saturated rings. The van der Waals surface area contributed by atoms with Crippen LogP contribution in [0.5, 0.6) is 5.75 Å². The summed E-state index contributed by atoms with van der Waals surface area (Å²) in [4.78, 5) is 11.8. The van der Waals surface area contributed by atoms with Gasteiger partial charge in [0.1, 0.15) is 5.75 Å². The van der Waals surface area contributed by atoms with Crippen molar-refractivity contribution in [2.75, 3.05) is 43.2 Å². The largest absolute Gasteiger partial charge is 0.492 e. The second-order valence-electron chi connectivity index (χ2n) is 3.93. The first-order valence-corrected chi connectivity index (χ1v) is 7.80. The summed E-state index contributed by atoms with van der Waals surface area (Å²) in [5.74, 6) is 1.83. The van der Waals surface area contributed by atoms with Gasteiger partial charge in [-0.25, -0.2) is 0 Å². The van der Waals surface area contributed by atoms with Crippen LogP contribution in [0.3, 0.4) is 0 Å². The number of hydrogen-bond donors (Lipinski definition) is 2. The van der Waals surface area contributed by atoms with E-state index in [9.17, 15) is 4.79 Å². The van der Waals surface area contributed by atoms with Crippen molar-refractivity contribution < 1.29 is 14.3 Å². The van der Waals surface area contributed by atoms with Crippen molar-refractivity contribution in [2.45, 2.75) is 6.92 Å². The molecule has 6 heteroatoms. The van der Waals surface area contributed by atoms with E-state index >= 15 is 0 Å². The van der Waals surface area contributed by atoms with Gasteiger partial charge in [0.2, 0.25) is 5.91 Å². The van der Waals surface area contributed by atoms with Gasteiger partial charge in [0.05, 0.1) is 31.3 Å². The van der Waals surface area contributed by atoms with E-state index in [1.165, 1.54) is 11.8 Å². The van der Waals surface area contributed by atoms with Gasteiger partial charge in [-0.3, -0.25) is 4.79 Å². The van der Waals surface area contributed by atoms with E-state index in [2.05, 4.69) is 5.32 Å². The standard InChI is InChI=1S/C14H22N2O3S/c1-2-19-13-6-4-3-5-12(13)16-14(17)11-20-10-9-18-8-7-15/h3-6H,2,7-11,15H2,1H3,(H,16,17). The van der Waals surface area contributed by atoms with Gasteiger partial charge in [0, 0.05) is 12.3 Å². The van der Waals surface area contributed by atoms with Crippen LogP contribution in [-0.2, 0) is 9.53 Å². The quantitative estimate of drug-likeness (QED) is 0.644. The average Bonchev–Trinajstić information content (AvgIpc) is 2.45. The zero-order valence-corrected chi connectivity index (χ0v) is 12.6. The van der Waals surface area contributed by atoms with Gasteiger partial charge in [-0.15, -0.1) is 11.8 Å². The maximum absolute atomic E-state index is 11.8. The molecular weight excluding hydrogens is 276 g/mol. The minimum absolute atomic E-state index is 0.0408. The number of ether oxygens (including phenoxy) is 2. The van der Waals surface area contributed by atoms with Crippen molar-refractivity contribution in [1.29, 1.82) is 0 Å². The third kappa shape index (κ3) is 6.79. The van der Waals surface area contributed by atoms with E-state index in [-0.39, 0.29) is 5.91 Å². The number of carbonyl (C=O) groups is 1. The van der Waals surface area contributed by atoms with Crippen LogP contribution in [0.15, 0.2) is 24.3 Å². The van der Waals surface area contributed by atoms with Crippen molar-refractivity contribution in [2.24, 2.45) is 5.73 Å². The van der Waals surface area contributed by atoms with Crippen LogP contribution in [-0.4, -0.2) is 43.8 Å². The highest BCUT2D eigenvalue weighted by molar-refractivity contribution is 7.99. The van der Waals surface area contributed by atoms with Crippen molar-refractivity contribution >= 4 is 23.4 Å². The number of benzene rings is 1. The number of nitrogens with two attached hydrogens (primary N) is 1. The molecule has 3 N–H and O–H groups in total. The lowest BCUT2D eigenvalue weighted by Crippen LogP contribution is -2.16. The van der Waals surface area contributed by atoms with Crippen molar-refractivity contribution in [3.63, 3.8) is 0 Å². The zero-order valence-electron chi connectivity index (χ0n) is 11.8. The molecule has 0 heterocycles. The monoisotopic (exact) mass is 298 g/mol. The molecule has 0 atom stereocenters. The highest BCUT2D eigenvalue weighted by Crippen LogP contribution is 2.23. The molecule has 1 aromatic carbocycles. The number of hydrogen-bond acceptors (Lipinski definition) is 5. The molecule has 0 aromatic heterocycles. The van der Waals surface area contributed by atoms with Crippen molar-refractivity contribution in [1.82, 2.24) is 0 Å². The molecule has 0 spiro atoms. The molecule has 0 saturated carbocycles. The lowest BCUT2D eigenvalue weighted by atomic mass is 10.3. The van der Waals surface area contributed by atoms with E-state index in [1.807, 2.05) is 31.2 Å². The van der Waals surface area contributed by atoms with Crippen molar-refractivity contribution in [3.05, 3.63) is 24.3 Å². The van der Waals surface area contributed by atoms with Gasteiger partial charge < -0.3 is 20.5 Å². The fraction of sp³-hybridized carbons (Fsp3) is 0.500. The zero-order chi connectivity index (χ0) is 14.6. The summed E-state index contributed by atoms with van der Waals surface area (Å²) in [6.45, 7) is 4.19. The van der Waals surface area contributed by atoms with Crippen molar-refractivity contribution in [3.8, 4) is 5.75 Å². The Morgan fingerprint density at radius 2 is 2.15 bits per heavy atom. The highest BCUT2D eigenvalue weighted by atomic mass is 32.2. The summed E-state index contributed by atoms with van der Waals surface area (Å²) in [5.41, 5.74) is 6.02. The van der Waals surface area contributed by atoms with Crippen LogP contribution in [0, 0.1) is 0 Å². The lowest BCUT2D eigenvalue weighted by molar-refractivity contribution is -0.113. The Kier molecular flexibility index (Phi) is 8.86. The van der Waals surface area contributed by atoms with Gasteiger partial charge in [-0.05, 0) is 19.1 Å². The van der Waals surface area contributed by atoms with Gasteiger partial charge in [0.25, 0.3) is 0 Å². The molecule has 0 radical (unpaired) electrons. The smallest absolute Gasteiger partial charge is 0.234 e. The predicted molar refractivity (Wildman–Crippen MR) is 83.4 cm³/mol. The van der Waals surface area contributed by atoms with Crippen LogP contribution in [0.1, 0.15) is 6.92 Å². The third-order valence-electron chi connectivity index (χ3n) is 2.33. The molecule has 20 heavy (non-hydrogen) atoms. The summed E-state index contributed by atoms with van der Waals surface area (Å²) in [7, 11) is 0. The molecule has 1 aromatic rings. The Labute approximate surface area is 124 Å². The second-order valence-corrected chi connectivity index (χ2v) is 5.04. The van der Waals surface area contributed by atoms with E-state index in [1.54, 1.807) is 0 Å². The first kappa shape index (κ1) is 16.8. The van der Waals surface area contributed by atoms with Crippen LogP contribution >= 0.6 is 11.8 Å². The molecule has 0 aliphatic rings. The Bertz CT molecular complexity index is 402. The Morgan fingerprint density at radius 3 is 2.90 bits per heavy atom. The predicted octanol–water partition coefficient (Wildman–Crippen LogP) is 1.73. The molecule has 0 aliphatic heterocycles. The molecule has 112 valence electrons. The molecule has 0 saturated heterocycles. The molecular formula is C14H22N2O3S. The normalized spacial score (nSPS) is 10.3. The fourth-order valence-corrected chi connectivity index (χ4v) is 2.14. The maximum atomic E-state index is 11.8. The number of amides is 1. The SMILES string of the molecule is CCOc1ccccc1NC(=O)CSCCOCCN. The van der Waals surface area contributed by atoms with E-state index in [4.69, 9.17) is 15.2 Å². The topological polar surface area (TPSA) is 73.6 Å². The van der Waals surface area contributed by atoms with Crippen LogP contribution < -0.4 is 15.8 Å². The molecule has 0 bridgehead atoms. The van der Waals surface area contributed by atoms with Crippen LogP contribution in [0.4, 0.5) is 5.69 Å². The first-order valence-electron chi connectivity index (χ1n) is 6.65. The van der Waals surface area contributed by atoms with Gasteiger partial charge in [0.15, 0.2) is 0 Å². The van der Waals surface area contributed by atoms with Crippen LogP contribution in [0.2, 0.25) is 0 Å². The molecule has 5 nitrogen and oxygen atoms in total. The van der Waals surface area contributed by atoms with E-state index in [0.29, 0.717) is 43.6 Å². The molecule has 1 amide bonds. The summed E-state index contributed by atoms with van der Waals surface area (Å²) in [6, 6.07) is 7.42. The summed E-state index contributed by atoms with van der Waals surface area (Å²) >= 11 is 1.53. The first-order chi connectivity index (χ1) is 9.77. The van der Waals surface area contributed by atoms with E-state index < -0.39 is 0 Å². The lowest BCUT2D eigenvalue weighted by Gasteiger charge is -2.11. The van der Waals surface area contributed by atoms with Gasteiger partial charge in [-0.2, -0.15) is 0 Å².